The van der Waals surface area contributed by atoms with E-state index in [9.17, 15) is 4.79 Å². The summed E-state index contributed by atoms with van der Waals surface area (Å²) in [6.45, 7) is 4.22. The third-order valence-corrected chi connectivity index (χ3v) is 1.95. The zero-order valence-electron chi connectivity index (χ0n) is 10.9. The van der Waals surface area contributed by atoms with Crippen molar-refractivity contribution in [1.29, 1.82) is 0 Å². The van der Waals surface area contributed by atoms with Gasteiger partial charge in [0.15, 0.2) is 5.82 Å². The molecule has 7 heteroatoms. The summed E-state index contributed by atoms with van der Waals surface area (Å²) in [5.74, 6) is 1.22. The fraction of sp³-hybridized carbons (Fsp3) is 0.545. The van der Waals surface area contributed by atoms with Crippen LogP contribution >= 0.6 is 0 Å². The molecular weight excluding hydrogens is 234 g/mol. The minimum Gasteiger partial charge on any atom is -0.384 e. The molecule has 0 saturated carbocycles. The van der Waals surface area contributed by atoms with Crippen molar-refractivity contribution in [1.82, 2.24) is 15.3 Å². The number of nitrogens with one attached hydrogen (secondary N) is 2. The van der Waals surface area contributed by atoms with E-state index in [1.165, 1.54) is 0 Å². The molecule has 0 spiro atoms. The number of nitrogen functional groups attached to an aromatic ring is 1. The Kier molecular flexibility index (Phi) is 5.31. The van der Waals surface area contributed by atoms with E-state index in [0.29, 0.717) is 17.5 Å². The molecule has 0 unspecified atom stereocenters. The van der Waals surface area contributed by atoms with Gasteiger partial charge in [0, 0.05) is 19.2 Å². The maximum Gasteiger partial charge on any atom is 0.239 e. The topological polar surface area (TPSA) is 102 Å². The van der Waals surface area contributed by atoms with E-state index in [-0.39, 0.29) is 25.1 Å². The van der Waals surface area contributed by atoms with E-state index in [2.05, 4.69) is 20.6 Å². The summed E-state index contributed by atoms with van der Waals surface area (Å²) in [6.07, 6.45) is 0. The average molecular weight is 253 g/mol. The molecule has 0 saturated heterocycles. The molecular formula is C11H19N5O2. The Hall–Kier alpha value is -1.89. The van der Waals surface area contributed by atoms with E-state index in [0.717, 1.165) is 0 Å². The number of hydrogen-bond acceptors (Lipinski definition) is 6. The predicted octanol–water partition coefficient (Wildman–Crippen LogP) is 0.142. The lowest BCUT2D eigenvalue weighted by Gasteiger charge is -2.10. The van der Waals surface area contributed by atoms with Crippen LogP contribution in [0.15, 0.2) is 6.07 Å². The molecule has 0 radical (unpaired) electrons. The van der Waals surface area contributed by atoms with Crippen molar-refractivity contribution in [3.63, 3.8) is 0 Å². The molecule has 1 amide bonds. The summed E-state index contributed by atoms with van der Waals surface area (Å²) in [7, 11) is 1.55. The fourth-order valence-electron chi connectivity index (χ4n) is 1.35. The number of rotatable bonds is 6. The van der Waals surface area contributed by atoms with Crippen molar-refractivity contribution in [2.45, 2.75) is 26.5 Å². The number of nitrogens with zero attached hydrogens (tertiary/aromatic N) is 2. The van der Waals surface area contributed by atoms with Crippen LogP contribution in [0.3, 0.4) is 0 Å². The van der Waals surface area contributed by atoms with Crippen LogP contribution in [-0.4, -0.2) is 35.6 Å². The molecule has 18 heavy (non-hydrogen) atoms. The second-order valence-electron chi connectivity index (χ2n) is 4.10. The summed E-state index contributed by atoms with van der Waals surface area (Å²) in [6, 6.07) is 1.68. The van der Waals surface area contributed by atoms with Crippen LogP contribution in [0.2, 0.25) is 0 Å². The van der Waals surface area contributed by atoms with Crippen molar-refractivity contribution in [3.05, 3.63) is 11.9 Å². The number of aromatic nitrogens is 2. The molecule has 0 atom stereocenters. The van der Waals surface area contributed by atoms with Crippen molar-refractivity contribution in [2.24, 2.45) is 0 Å². The molecule has 1 aromatic rings. The van der Waals surface area contributed by atoms with Gasteiger partial charge in [-0.1, -0.05) is 0 Å². The minimum absolute atomic E-state index is 0.101. The van der Waals surface area contributed by atoms with Gasteiger partial charge in [-0.2, -0.15) is 0 Å². The van der Waals surface area contributed by atoms with E-state index >= 15 is 0 Å². The lowest BCUT2D eigenvalue weighted by atomic mass is 10.4. The molecule has 0 aliphatic heterocycles. The molecule has 100 valence electrons. The van der Waals surface area contributed by atoms with Crippen molar-refractivity contribution < 1.29 is 9.53 Å². The summed E-state index contributed by atoms with van der Waals surface area (Å²) < 4.78 is 4.93. The Morgan fingerprint density at radius 2 is 2.22 bits per heavy atom. The zero-order chi connectivity index (χ0) is 13.5. The Morgan fingerprint density at radius 1 is 1.50 bits per heavy atom. The van der Waals surface area contributed by atoms with Crippen molar-refractivity contribution in [3.8, 4) is 0 Å². The maximum atomic E-state index is 11.4. The highest BCUT2D eigenvalue weighted by atomic mass is 16.5. The lowest BCUT2D eigenvalue weighted by molar-refractivity contribution is -0.119. The molecule has 1 rings (SSSR count). The number of anilines is 2. The first-order chi connectivity index (χ1) is 8.51. The van der Waals surface area contributed by atoms with Crippen LogP contribution < -0.4 is 16.4 Å². The molecule has 1 aromatic heterocycles. The van der Waals surface area contributed by atoms with E-state index in [1.807, 2.05) is 13.8 Å². The SMILES string of the molecule is COCc1nc(N)cc(NCC(=O)NC(C)C)n1. The Balaban J connectivity index is 2.58. The number of amides is 1. The first-order valence-corrected chi connectivity index (χ1v) is 5.67. The molecule has 0 aliphatic carbocycles. The van der Waals surface area contributed by atoms with Crippen molar-refractivity contribution in [2.75, 3.05) is 24.7 Å². The molecule has 1 heterocycles. The first kappa shape index (κ1) is 14.2. The van der Waals surface area contributed by atoms with Gasteiger partial charge in [0.1, 0.15) is 18.2 Å². The zero-order valence-corrected chi connectivity index (χ0v) is 10.9. The van der Waals surface area contributed by atoms with Gasteiger partial charge in [-0.25, -0.2) is 9.97 Å². The number of carbonyl (C=O) groups is 1. The van der Waals surface area contributed by atoms with Gasteiger partial charge in [0.2, 0.25) is 5.91 Å². The first-order valence-electron chi connectivity index (χ1n) is 5.67. The second kappa shape index (κ2) is 6.75. The number of hydrogen-bond donors (Lipinski definition) is 3. The summed E-state index contributed by atoms with van der Waals surface area (Å²) in [5, 5.41) is 5.66. The quantitative estimate of drug-likeness (QED) is 0.666. The Morgan fingerprint density at radius 3 is 2.83 bits per heavy atom. The van der Waals surface area contributed by atoms with Crippen LogP contribution in [-0.2, 0) is 16.1 Å². The summed E-state index contributed by atoms with van der Waals surface area (Å²) in [5.41, 5.74) is 5.63. The summed E-state index contributed by atoms with van der Waals surface area (Å²) in [4.78, 5) is 19.6. The molecule has 7 nitrogen and oxygen atoms in total. The normalized spacial score (nSPS) is 10.4. The van der Waals surface area contributed by atoms with Gasteiger partial charge in [0.05, 0.1) is 6.54 Å². The molecule has 0 bridgehead atoms. The minimum atomic E-state index is -0.101. The second-order valence-corrected chi connectivity index (χ2v) is 4.10. The number of ether oxygens (including phenoxy) is 1. The summed E-state index contributed by atoms with van der Waals surface area (Å²) >= 11 is 0. The number of nitrogens with two attached hydrogens (primary N) is 1. The highest BCUT2D eigenvalue weighted by molar-refractivity contribution is 5.80. The molecule has 0 aromatic carbocycles. The number of methoxy groups -OCH3 is 1. The maximum absolute atomic E-state index is 11.4. The third-order valence-electron chi connectivity index (χ3n) is 1.95. The fourth-order valence-corrected chi connectivity index (χ4v) is 1.35. The van der Waals surface area contributed by atoms with Crippen molar-refractivity contribution >= 4 is 17.5 Å². The van der Waals surface area contributed by atoms with Gasteiger partial charge < -0.3 is 21.1 Å². The van der Waals surface area contributed by atoms with Crippen LogP contribution in [0.25, 0.3) is 0 Å². The van der Waals surface area contributed by atoms with Crippen LogP contribution in [0, 0.1) is 0 Å². The lowest BCUT2D eigenvalue weighted by Crippen LogP contribution is -2.35. The van der Waals surface area contributed by atoms with Crippen LogP contribution in [0.1, 0.15) is 19.7 Å². The average Bonchev–Trinajstić information content (AvgIpc) is 2.25. The monoisotopic (exact) mass is 253 g/mol. The van der Waals surface area contributed by atoms with Gasteiger partial charge in [-0.3, -0.25) is 4.79 Å². The predicted molar refractivity (Wildman–Crippen MR) is 68.9 cm³/mol. The molecule has 0 aliphatic rings. The van der Waals surface area contributed by atoms with Gasteiger partial charge in [-0.15, -0.1) is 0 Å². The third kappa shape index (κ3) is 4.96. The number of carbonyl (C=O) groups excluding carboxylic acids is 1. The molecule has 0 fully saturated rings. The highest BCUT2D eigenvalue weighted by Crippen LogP contribution is 2.08. The standard InChI is InChI=1S/C11H19N5O2/c1-7(2)14-11(17)5-13-9-4-8(12)15-10(16-9)6-18-3/h4,7H,5-6H2,1-3H3,(H,14,17)(H3,12,13,15,16). The Bertz CT molecular complexity index is 408. The van der Waals surface area contributed by atoms with E-state index in [4.69, 9.17) is 10.5 Å². The van der Waals surface area contributed by atoms with E-state index in [1.54, 1.807) is 13.2 Å². The van der Waals surface area contributed by atoms with Crippen LogP contribution in [0.5, 0.6) is 0 Å². The Labute approximate surface area is 106 Å². The largest absolute Gasteiger partial charge is 0.384 e. The van der Waals surface area contributed by atoms with Gasteiger partial charge >= 0.3 is 0 Å². The smallest absolute Gasteiger partial charge is 0.239 e. The van der Waals surface area contributed by atoms with Gasteiger partial charge in [0.25, 0.3) is 0 Å². The molecule has 4 N–H and O–H groups in total. The van der Waals surface area contributed by atoms with E-state index < -0.39 is 0 Å². The highest BCUT2D eigenvalue weighted by Gasteiger charge is 2.06. The van der Waals surface area contributed by atoms with Gasteiger partial charge in [-0.05, 0) is 13.8 Å². The van der Waals surface area contributed by atoms with Crippen LogP contribution in [0.4, 0.5) is 11.6 Å².